The zero-order valence-corrected chi connectivity index (χ0v) is 12.4. The summed E-state index contributed by atoms with van der Waals surface area (Å²) in [4.78, 5) is 12.1. The highest BCUT2D eigenvalue weighted by Gasteiger charge is 2.31. The Hall–Kier alpha value is -2.35. The Morgan fingerprint density at radius 1 is 1.35 bits per heavy atom. The van der Waals surface area contributed by atoms with Crippen LogP contribution in [0.4, 0.5) is 10.1 Å². The maximum absolute atomic E-state index is 14.2. The second kappa shape index (κ2) is 5.69. The third kappa shape index (κ3) is 2.81. The van der Waals surface area contributed by atoms with Crippen molar-refractivity contribution in [2.45, 2.75) is 37.7 Å². The summed E-state index contributed by atoms with van der Waals surface area (Å²) in [5.74, 6) is 0.301. The van der Waals surface area contributed by atoms with Gasteiger partial charge >= 0.3 is 0 Å². The maximum Gasteiger partial charge on any atom is 0.253 e. The summed E-state index contributed by atoms with van der Waals surface area (Å²) in [5.41, 5.74) is 0.737. The van der Waals surface area contributed by atoms with E-state index in [9.17, 15) is 9.18 Å². The lowest BCUT2D eigenvalue weighted by molar-refractivity contribution is -0.124. The fourth-order valence-electron chi connectivity index (χ4n) is 2.72. The van der Waals surface area contributed by atoms with Crippen LogP contribution in [0.25, 0.3) is 5.69 Å². The highest BCUT2D eigenvalue weighted by atomic mass is 19.1. The zero-order valence-electron chi connectivity index (χ0n) is 12.4. The molecule has 1 atom stereocenters. The van der Waals surface area contributed by atoms with Crippen LogP contribution in [0, 0.1) is 5.82 Å². The van der Waals surface area contributed by atoms with Crippen LogP contribution >= 0.6 is 0 Å². The summed E-state index contributed by atoms with van der Waals surface area (Å²) in [6.07, 6.45) is 3.17. The summed E-state index contributed by atoms with van der Waals surface area (Å²) in [7, 11) is 0. The number of tetrazole rings is 1. The van der Waals surface area contributed by atoms with Crippen LogP contribution in [0.2, 0.25) is 0 Å². The van der Waals surface area contributed by atoms with Crippen LogP contribution in [0.1, 0.15) is 37.4 Å². The number of halogens is 1. The monoisotopic (exact) mass is 317 g/mol. The van der Waals surface area contributed by atoms with Crippen molar-refractivity contribution in [2.24, 2.45) is 0 Å². The average Bonchev–Trinajstić information content (AvgIpc) is 3.04. The van der Waals surface area contributed by atoms with E-state index >= 15 is 0 Å². The van der Waals surface area contributed by atoms with Gasteiger partial charge < -0.3 is 10.1 Å². The smallest absolute Gasteiger partial charge is 0.253 e. The summed E-state index contributed by atoms with van der Waals surface area (Å²) >= 11 is 0. The normalized spacial score (nSPS) is 20.7. The molecule has 2 heterocycles. The van der Waals surface area contributed by atoms with Gasteiger partial charge in [0.2, 0.25) is 0 Å². The number of nitrogens with zero attached hydrogens (tertiary/aromatic N) is 4. The molecule has 2 aromatic rings. The minimum Gasteiger partial charge on any atom is -0.368 e. The largest absolute Gasteiger partial charge is 0.368 e. The van der Waals surface area contributed by atoms with E-state index in [0.717, 1.165) is 19.3 Å². The van der Waals surface area contributed by atoms with Gasteiger partial charge in [0, 0.05) is 18.2 Å². The summed E-state index contributed by atoms with van der Waals surface area (Å²) in [6.45, 7) is 0.599. The van der Waals surface area contributed by atoms with Gasteiger partial charge in [0.1, 0.15) is 17.6 Å². The lowest BCUT2D eigenvalue weighted by Gasteiger charge is -2.12. The molecular weight excluding hydrogens is 301 g/mol. The SMILES string of the molecule is O=C(Nc1ccc(F)c(-n2nnnc2C2CC2)c1)C1CCCO1. The average molecular weight is 317 g/mol. The standard InChI is InChI=1S/C15H16FN5O2/c16-11-6-5-10(17-15(22)13-2-1-7-23-13)8-12(11)21-14(9-3-4-9)18-19-20-21/h5-6,8-9,13H,1-4,7H2,(H,17,22). The van der Waals surface area contributed by atoms with E-state index in [0.29, 0.717) is 24.5 Å². The first kappa shape index (κ1) is 14.3. The Kier molecular flexibility index (Phi) is 3.53. The van der Waals surface area contributed by atoms with Crippen molar-refractivity contribution in [3.8, 4) is 5.69 Å². The van der Waals surface area contributed by atoms with Crippen molar-refractivity contribution in [3.05, 3.63) is 29.8 Å². The van der Waals surface area contributed by atoms with E-state index in [4.69, 9.17) is 4.74 Å². The first-order chi connectivity index (χ1) is 11.2. The Bertz CT molecular complexity index is 737. The Morgan fingerprint density at radius 3 is 2.96 bits per heavy atom. The predicted octanol–water partition coefficient (Wildman–Crippen LogP) is 1.80. The number of ether oxygens (including phenoxy) is 1. The van der Waals surface area contributed by atoms with Crippen LogP contribution in [0.15, 0.2) is 18.2 Å². The molecule has 1 aromatic heterocycles. The first-order valence-electron chi connectivity index (χ1n) is 7.73. The molecule has 1 saturated carbocycles. The van der Waals surface area contributed by atoms with E-state index in [1.165, 1.54) is 16.8 Å². The Morgan fingerprint density at radius 2 is 2.22 bits per heavy atom. The number of hydrogen-bond acceptors (Lipinski definition) is 5. The van der Waals surface area contributed by atoms with Gasteiger partial charge in [-0.1, -0.05) is 0 Å². The highest BCUT2D eigenvalue weighted by molar-refractivity contribution is 5.94. The van der Waals surface area contributed by atoms with Crippen LogP contribution in [0.3, 0.4) is 0 Å². The van der Waals surface area contributed by atoms with E-state index in [2.05, 4.69) is 20.8 Å². The van der Waals surface area contributed by atoms with Gasteiger partial charge in [-0.25, -0.2) is 4.39 Å². The molecule has 1 aromatic carbocycles. The summed E-state index contributed by atoms with van der Waals surface area (Å²) < 4.78 is 20.9. The van der Waals surface area contributed by atoms with Gasteiger partial charge in [0.15, 0.2) is 5.82 Å². The van der Waals surface area contributed by atoms with Crippen LogP contribution in [-0.4, -0.2) is 38.8 Å². The lowest BCUT2D eigenvalue weighted by atomic mass is 10.2. The van der Waals surface area contributed by atoms with Gasteiger partial charge in [0.25, 0.3) is 5.91 Å². The number of rotatable bonds is 4. The molecule has 2 aliphatic rings. The van der Waals surface area contributed by atoms with Gasteiger partial charge in [0.05, 0.1) is 0 Å². The minimum absolute atomic E-state index is 0.209. The van der Waals surface area contributed by atoms with Crippen molar-refractivity contribution in [1.82, 2.24) is 20.2 Å². The van der Waals surface area contributed by atoms with E-state index in [1.54, 1.807) is 6.07 Å². The minimum atomic E-state index is -0.436. The van der Waals surface area contributed by atoms with Crippen LogP contribution in [-0.2, 0) is 9.53 Å². The molecule has 4 rings (SSSR count). The molecule has 23 heavy (non-hydrogen) atoms. The van der Waals surface area contributed by atoms with E-state index in [-0.39, 0.29) is 17.5 Å². The fraction of sp³-hybridized carbons (Fsp3) is 0.467. The Balaban J connectivity index is 1.60. The second-order valence-electron chi connectivity index (χ2n) is 5.88. The molecular formula is C15H16FN5O2. The maximum atomic E-state index is 14.2. The molecule has 2 fully saturated rings. The zero-order chi connectivity index (χ0) is 15.8. The van der Waals surface area contributed by atoms with E-state index < -0.39 is 11.9 Å². The van der Waals surface area contributed by atoms with Gasteiger partial charge in [-0.05, 0) is 54.3 Å². The van der Waals surface area contributed by atoms with Crippen molar-refractivity contribution >= 4 is 11.6 Å². The number of carbonyl (C=O) groups is 1. The first-order valence-corrected chi connectivity index (χ1v) is 7.73. The molecule has 1 aliphatic carbocycles. The number of hydrogen-bond donors (Lipinski definition) is 1. The number of aromatic nitrogens is 4. The number of anilines is 1. The molecule has 1 N–H and O–H groups in total. The highest BCUT2D eigenvalue weighted by Crippen LogP contribution is 2.39. The molecule has 0 spiro atoms. The third-order valence-electron chi connectivity index (χ3n) is 4.10. The number of amides is 1. The van der Waals surface area contributed by atoms with Crippen molar-refractivity contribution in [1.29, 1.82) is 0 Å². The van der Waals surface area contributed by atoms with Crippen molar-refractivity contribution in [2.75, 3.05) is 11.9 Å². The van der Waals surface area contributed by atoms with E-state index in [1.807, 2.05) is 0 Å². The van der Waals surface area contributed by atoms with Gasteiger partial charge in [-0.3, -0.25) is 4.79 Å². The fourth-order valence-corrected chi connectivity index (χ4v) is 2.72. The molecule has 8 heteroatoms. The molecule has 7 nitrogen and oxygen atoms in total. The summed E-state index contributed by atoms with van der Waals surface area (Å²) in [6, 6.07) is 4.37. The quantitative estimate of drug-likeness (QED) is 0.930. The molecule has 0 bridgehead atoms. The van der Waals surface area contributed by atoms with Gasteiger partial charge in [-0.15, -0.1) is 5.10 Å². The molecule has 1 amide bonds. The molecule has 120 valence electrons. The van der Waals surface area contributed by atoms with Crippen molar-refractivity contribution in [3.63, 3.8) is 0 Å². The molecule has 1 saturated heterocycles. The lowest BCUT2D eigenvalue weighted by Crippen LogP contribution is -2.26. The van der Waals surface area contributed by atoms with Crippen LogP contribution in [0.5, 0.6) is 0 Å². The topological polar surface area (TPSA) is 81.9 Å². The van der Waals surface area contributed by atoms with Crippen LogP contribution < -0.4 is 5.32 Å². The van der Waals surface area contributed by atoms with Crippen molar-refractivity contribution < 1.29 is 13.9 Å². The Labute approximate surface area is 131 Å². The molecule has 1 aliphatic heterocycles. The molecule has 0 radical (unpaired) electrons. The van der Waals surface area contributed by atoms with Gasteiger partial charge in [-0.2, -0.15) is 4.68 Å². The number of carbonyl (C=O) groups excluding carboxylic acids is 1. The predicted molar refractivity (Wildman–Crippen MR) is 78.7 cm³/mol. The third-order valence-corrected chi connectivity index (χ3v) is 4.10. The number of nitrogens with one attached hydrogen (secondary N) is 1. The second-order valence-corrected chi connectivity index (χ2v) is 5.88. The molecule has 1 unspecified atom stereocenters. The summed E-state index contributed by atoms with van der Waals surface area (Å²) in [5, 5.41) is 14.3. The number of benzene rings is 1.